The maximum absolute atomic E-state index is 4.54. The molecule has 0 aliphatic carbocycles. The third-order valence-corrected chi connectivity index (χ3v) is 4.48. The van der Waals surface area contributed by atoms with Crippen LogP contribution in [-0.2, 0) is 0 Å². The van der Waals surface area contributed by atoms with Gasteiger partial charge in [0.05, 0.1) is 0 Å². The summed E-state index contributed by atoms with van der Waals surface area (Å²) in [6.45, 7) is 4.28. The van der Waals surface area contributed by atoms with Crippen molar-refractivity contribution in [2.24, 2.45) is 0 Å². The summed E-state index contributed by atoms with van der Waals surface area (Å²) < 4.78 is 0. The molecule has 0 unspecified atom stereocenters. The molecule has 0 aliphatic heterocycles. The molecule has 0 saturated carbocycles. The highest BCUT2D eigenvalue weighted by Gasteiger charge is 2.15. The number of thiol groups is 1. The third-order valence-electron chi connectivity index (χ3n) is 4.00. The second-order valence-electron chi connectivity index (χ2n) is 5.36. The molecule has 0 saturated heterocycles. The maximum Gasteiger partial charge on any atom is 0.0494 e. The average molecular weight is 305 g/mol. The van der Waals surface area contributed by atoms with Gasteiger partial charge in [0.15, 0.2) is 0 Å². The molecule has 22 heavy (non-hydrogen) atoms. The molecule has 0 aromatic heterocycles. The van der Waals surface area contributed by atoms with Crippen molar-refractivity contribution in [2.75, 3.05) is 4.90 Å². The minimum Gasteiger partial charge on any atom is -0.310 e. The number of rotatable bonds is 3. The van der Waals surface area contributed by atoms with E-state index in [2.05, 4.69) is 92.0 Å². The molecule has 0 amide bonds. The van der Waals surface area contributed by atoms with Crippen LogP contribution in [0.15, 0.2) is 77.7 Å². The lowest BCUT2D eigenvalue weighted by molar-refractivity contribution is 1.18. The van der Waals surface area contributed by atoms with Crippen molar-refractivity contribution in [3.05, 3.63) is 83.9 Å². The standard InChI is InChI=1S/C20H19NS/c1-15-16(2)20(22)14-13-19(15)21(17-9-5-3-6-10-17)18-11-7-4-8-12-18/h3-14,22H,1-2H3. The lowest BCUT2D eigenvalue weighted by atomic mass is 10.1. The first-order valence-electron chi connectivity index (χ1n) is 7.38. The van der Waals surface area contributed by atoms with Crippen molar-refractivity contribution in [2.45, 2.75) is 18.7 Å². The van der Waals surface area contributed by atoms with E-state index in [1.54, 1.807) is 0 Å². The average Bonchev–Trinajstić information content (AvgIpc) is 2.57. The molecular formula is C20H19NS. The van der Waals surface area contributed by atoms with Crippen LogP contribution in [0.1, 0.15) is 11.1 Å². The van der Waals surface area contributed by atoms with E-state index >= 15 is 0 Å². The first-order chi connectivity index (χ1) is 10.7. The second-order valence-corrected chi connectivity index (χ2v) is 5.84. The van der Waals surface area contributed by atoms with Gasteiger partial charge in [-0.2, -0.15) is 0 Å². The van der Waals surface area contributed by atoms with Gasteiger partial charge in [-0.25, -0.2) is 0 Å². The summed E-state index contributed by atoms with van der Waals surface area (Å²) in [7, 11) is 0. The first kappa shape index (κ1) is 14.7. The van der Waals surface area contributed by atoms with Gasteiger partial charge in [0.25, 0.3) is 0 Å². The quantitative estimate of drug-likeness (QED) is 0.575. The third kappa shape index (κ3) is 2.75. The van der Waals surface area contributed by atoms with E-state index in [-0.39, 0.29) is 0 Å². The fourth-order valence-corrected chi connectivity index (χ4v) is 2.86. The van der Waals surface area contributed by atoms with Crippen LogP contribution in [-0.4, -0.2) is 0 Å². The molecule has 0 atom stereocenters. The monoisotopic (exact) mass is 305 g/mol. The summed E-state index contributed by atoms with van der Waals surface area (Å²) in [6.07, 6.45) is 0. The Hall–Kier alpha value is -2.19. The van der Waals surface area contributed by atoms with Gasteiger partial charge in [-0.05, 0) is 61.4 Å². The van der Waals surface area contributed by atoms with Gasteiger partial charge in [0.1, 0.15) is 0 Å². The van der Waals surface area contributed by atoms with E-state index < -0.39 is 0 Å². The molecule has 0 heterocycles. The van der Waals surface area contributed by atoms with Crippen LogP contribution >= 0.6 is 12.6 Å². The molecule has 110 valence electrons. The van der Waals surface area contributed by atoms with Gasteiger partial charge < -0.3 is 4.90 Å². The van der Waals surface area contributed by atoms with Gasteiger partial charge in [-0.3, -0.25) is 0 Å². The smallest absolute Gasteiger partial charge is 0.0494 e. The van der Waals surface area contributed by atoms with Crippen molar-refractivity contribution in [1.82, 2.24) is 0 Å². The molecular weight excluding hydrogens is 286 g/mol. The topological polar surface area (TPSA) is 3.24 Å². The van der Waals surface area contributed by atoms with Gasteiger partial charge in [-0.1, -0.05) is 36.4 Å². The van der Waals surface area contributed by atoms with E-state index in [1.807, 2.05) is 12.1 Å². The normalized spacial score (nSPS) is 10.5. The lowest BCUT2D eigenvalue weighted by Gasteiger charge is -2.28. The number of nitrogens with zero attached hydrogens (tertiary/aromatic N) is 1. The van der Waals surface area contributed by atoms with Crippen molar-refractivity contribution in [1.29, 1.82) is 0 Å². The van der Waals surface area contributed by atoms with Gasteiger partial charge in [-0.15, -0.1) is 12.6 Å². The number of hydrogen-bond donors (Lipinski definition) is 1. The zero-order valence-electron chi connectivity index (χ0n) is 12.8. The van der Waals surface area contributed by atoms with Crippen LogP contribution in [0.25, 0.3) is 0 Å². The van der Waals surface area contributed by atoms with Gasteiger partial charge in [0.2, 0.25) is 0 Å². The largest absolute Gasteiger partial charge is 0.310 e. The number of para-hydroxylation sites is 2. The van der Waals surface area contributed by atoms with Crippen LogP contribution in [0.3, 0.4) is 0 Å². The van der Waals surface area contributed by atoms with Crippen LogP contribution in [0.2, 0.25) is 0 Å². The Morgan fingerprint density at radius 2 is 1.14 bits per heavy atom. The minimum absolute atomic E-state index is 1.03. The molecule has 3 rings (SSSR count). The van der Waals surface area contributed by atoms with Gasteiger partial charge in [0, 0.05) is 22.0 Å². The molecule has 2 heteroatoms. The van der Waals surface area contributed by atoms with E-state index in [1.165, 1.54) is 16.8 Å². The zero-order valence-corrected chi connectivity index (χ0v) is 13.7. The molecule has 0 aliphatic rings. The maximum atomic E-state index is 4.54. The molecule has 3 aromatic carbocycles. The van der Waals surface area contributed by atoms with Crippen LogP contribution in [0.5, 0.6) is 0 Å². The van der Waals surface area contributed by atoms with Crippen molar-refractivity contribution < 1.29 is 0 Å². The highest BCUT2D eigenvalue weighted by Crippen LogP contribution is 2.38. The summed E-state index contributed by atoms with van der Waals surface area (Å²) in [5.41, 5.74) is 5.97. The highest BCUT2D eigenvalue weighted by molar-refractivity contribution is 7.80. The molecule has 0 spiro atoms. The fraction of sp³-hybridized carbons (Fsp3) is 0.100. The van der Waals surface area contributed by atoms with Crippen molar-refractivity contribution in [3.8, 4) is 0 Å². The summed E-state index contributed by atoms with van der Waals surface area (Å²) in [6, 6.07) is 25.1. The Kier molecular flexibility index (Phi) is 4.21. The summed E-state index contributed by atoms with van der Waals surface area (Å²) >= 11 is 4.54. The van der Waals surface area contributed by atoms with Gasteiger partial charge >= 0.3 is 0 Å². The lowest BCUT2D eigenvalue weighted by Crippen LogP contribution is -2.11. The predicted molar refractivity (Wildman–Crippen MR) is 97.9 cm³/mol. The predicted octanol–water partition coefficient (Wildman–Crippen LogP) is 6.06. The molecule has 0 N–H and O–H groups in total. The zero-order chi connectivity index (χ0) is 15.5. The Balaban J connectivity index is 2.21. The van der Waals surface area contributed by atoms with Crippen LogP contribution in [0.4, 0.5) is 17.1 Å². The highest BCUT2D eigenvalue weighted by atomic mass is 32.1. The van der Waals surface area contributed by atoms with E-state index in [4.69, 9.17) is 0 Å². The second kappa shape index (κ2) is 6.29. The van der Waals surface area contributed by atoms with Crippen LogP contribution < -0.4 is 4.90 Å². The number of hydrogen-bond acceptors (Lipinski definition) is 2. The van der Waals surface area contributed by atoms with E-state index in [9.17, 15) is 0 Å². The number of anilines is 3. The van der Waals surface area contributed by atoms with E-state index in [0.29, 0.717) is 0 Å². The first-order valence-corrected chi connectivity index (χ1v) is 7.82. The Bertz CT molecular complexity index is 727. The molecule has 1 nitrogen and oxygen atoms in total. The minimum atomic E-state index is 1.03. The molecule has 0 radical (unpaired) electrons. The Morgan fingerprint density at radius 1 is 0.636 bits per heavy atom. The van der Waals surface area contributed by atoms with Crippen LogP contribution in [0, 0.1) is 13.8 Å². The number of benzene rings is 3. The molecule has 3 aromatic rings. The summed E-state index contributed by atoms with van der Waals surface area (Å²) in [5, 5.41) is 0. The van der Waals surface area contributed by atoms with Crippen molar-refractivity contribution in [3.63, 3.8) is 0 Å². The fourth-order valence-electron chi connectivity index (χ4n) is 2.62. The van der Waals surface area contributed by atoms with Crippen molar-refractivity contribution >= 4 is 29.7 Å². The van der Waals surface area contributed by atoms with E-state index in [0.717, 1.165) is 16.3 Å². The summed E-state index contributed by atoms with van der Waals surface area (Å²) in [4.78, 5) is 3.32. The Morgan fingerprint density at radius 3 is 1.64 bits per heavy atom. The molecule has 0 bridgehead atoms. The SMILES string of the molecule is Cc1c(S)ccc(N(c2ccccc2)c2ccccc2)c1C. The summed E-state index contributed by atoms with van der Waals surface area (Å²) in [5.74, 6) is 0. The Labute approximate surface area is 137 Å². The molecule has 0 fully saturated rings.